The molecule has 0 aliphatic carbocycles. The largest absolute Gasteiger partial charge is 0.493 e. The van der Waals surface area contributed by atoms with Gasteiger partial charge in [0.25, 0.3) is 5.56 Å². The van der Waals surface area contributed by atoms with Crippen molar-refractivity contribution in [3.8, 4) is 17.0 Å². The van der Waals surface area contributed by atoms with Gasteiger partial charge in [-0.3, -0.25) is 4.79 Å². The number of aromatic nitrogens is 2. The summed E-state index contributed by atoms with van der Waals surface area (Å²) >= 11 is 0. The molecule has 4 heteroatoms. The first-order chi connectivity index (χ1) is 8.24. The first kappa shape index (κ1) is 11.4. The second-order valence-corrected chi connectivity index (χ2v) is 3.63. The van der Waals surface area contributed by atoms with Crippen molar-refractivity contribution >= 4 is 0 Å². The molecule has 0 atom stereocenters. The summed E-state index contributed by atoms with van der Waals surface area (Å²) < 4.78 is 5.53. The number of hydrogen-bond acceptors (Lipinski definition) is 3. The van der Waals surface area contributed by atoms with E-state index in [0.29, 0.717) is 17.9 Å². The zero-order valence-electron chi connectivity index (χ0n) is 9.86. The first-order valence-corrected chi connectivity index (χ1v) is 5.50. The smallest absolute Gasteiger partial charge is 0.254 e. The molecule has 0 aliphatic heterocycles. The normalized spacial score (nSPS) is 10.2. The molecule has 0 amide bonds. The first-order valence-electron chi connectivity index (χ1n) is 5.50. The summed E-state index contributed by atoms with van der Waals surface area (Å²) in [6.45, 7) is 4.26. The highest BCUT2D eigenvalue weighted by Crippen LogP contribution is 2.28. The third-order valence-corrected chi connectivity index (χ3v) is 2.53. The summed E-state index contributed by atoms with van der Waals surface area (Å²) in [6.07, 6.45) is 1.41. The summed E-state index contributed by atoms with van der Waals surface area (Å²) in [6, 6.07) is 7.58. The maximum absolute atomic E-state index is 11.5. The highest BCUT2D eigenvalue weighted by atomic mass is 16.5. The molecule has 1 N–H and O–H groups in total. The Morgan fingerprint density at radius 2 is 2.12 bits per heavy atom. The van der Waals surface area contributed by atoms with Gasteiger partial charge in [-0.2, -0.15) is 0 Å². The van der Waals surface area contributed by atoms with Gasteiger partial charge in [0.1, 0.15) is 5.75 Å². The molecule has 0 spiro atoms. The van der Waals surface area contributed by atoms with E-state index in [0.717, 1.165) is 11.3 Å². The maximum atomic E-state index is 11.5. The fourth-order valence-electron chi connectivity index (χ4n) is 1.68. The number of rotatable bonds is 3. The SMILES string of the molecule is CCOc1ccccc1-c1nc[nH]c(=O)c1C. The van der Waals surface area contributed by atoms with E-state index in [1.54, 1.807) is 6.92 Å². The lowest BCUT2D eigenvalue weighted by molar-refractivity contribution is 0.341. The monoisotopic (exact) mass is 230 g/mol. The summed E-state index contributed by atoms with van der Waals surface area (Å²) in [4.78, 5) is 18.3. The summed E-state index contributed by atoms with van der Waals surface area (Å²) in [5.41, 5.74) is 1.98. The van der Waals surface area contributed by atoms with E-state index in [9.17, 15) is 4.79 Å². The Hall–Kier alpha value is -2.10. The molecular weight excluding hydrogens is 216 g/mol. The topological polar surface area (TPSA) is 55.0 Å². The number of H-pyrrole nitrogens is 1. The molecular formula is C13H14N2O2. The van der Waals surface area contributed by atoms with Gasteiger partial charge in [0.05, 0.1) is 18.6 Å². The van der Waals surface area contributed by atoms with Crippen LogP contribution in [0.25, 0.3) is 11.3 Å². The Balaban J connectivity index is 2.60. The molecule has 17 heavy (non-hydrogen) atoms. The zero-order valence-corrected chi connectivity index (χ0v) is 9.86. The van der Waals surface area contributed by atoms with E-state index in [-0.39, 0.29) is 5.56 Å². The van der Waals surface area contributed by atoms with Crippen LogP contribution in [-0.2, 0) is 0 Å². The van der Waals surface area contributed by atoms with Crippen molar-refractivity contribution in [2.24, 2.45) is 0 Å². The number of benzene rings is 1. The second-order valence-electron chi connectivity index (χ2n) is 3.63. The zero-order chi connectivity index (χ0) is 12.3. The van der Waals surface area contributed by atoms with Crippen LogP contribution >= 0.6 is 0 Å². The Labute approximate surface area is 99.3 Å². The van der Waals surface area contributed by atoms with Gasteiger partial charge in [0.2, 0.25) is 0 Å². The predicted octanol–water partition coefficient (Wildman–Crippen LogP) is 2.14. The molecule has 1 aromatic carbocycles. The summed E-state index contributed by atoms with van der Waals surface area (Å²) in [5.74, 6) is 0.746. The minimum atomic E-state index is -0.124. The van der Waals surface area contributed by atoms with Gasteiger partial charge >= 0.3 is 0 Å². The van der Waals surface area contributed by atoms with Crippen LogP contribution in [0.4, 0.5) is 0 Å². The molecule has 1 heterocycles. The van der Waals surface area contributed by atoms with Gasteiger partial charge in [-0.05, 0) is 26.0 Å². The molecule has 0 unspecified atom stereocenters. The van der Waals surface area contributed by atoms with E-state index in [4.69, 9.17) is 4.74 Å². The van der Waals surface area contributed by atoms with E-state index < -0.39 is 0 Å². The van der Waals surface area contributed by atoms with Crippen molar-refractivity contribution in [3.05, 3.63) is 46.5 Å². The van der Waals surface area contributed by atoms with Crippen molar-refractivity contribution in [1.82, 2.24) is 9.97 Å². The Kier molecular flexibility index (Phi) is 3.23. The number of ether oxygens (including phenoxy) is 1. The second kappa shape index (κ2) is 4.82. The molecule has 0 saturated heterocycles. The van der Waals surface area contributed by atoms with Crippen molar-refractivity contribution in [1.29, 1.82) is 0 Å². The fourth-order valence-corrected chi connectivity index (χ4v) is 1.68. The lowest BCUT2D eigenvalue weighted by Gasteiger charge is -2.10. The minimum absolute atomic E-state index is 0.124. The van der Waals surface area contributed by atoms with Crippen molar-refractivity contribution in [2.75, 3.05) is 6.61 Å². The van der Waals surface area contributed by atoms with Crippen molar-refractivity contribution in [2.45, 2.75) is 13.8 Å². The van der Waals surface area contributed by atoms with Crippen LogP contribution in [-0.4, -0.2) is 16.6 Å². The third kappa shape index (κ3) is 2.20. The van der Waals surface area contributed by atoms with Crippen LogP contribution in [0.5, 0.6) is 5.75 Å². The lowest BCUT2D eigenvalue weighted by Crippen LogP contribution is -2.11. The lowest BCUT2D eigenvalue weighted by atomic mass is 10.1. The average molecular weight is 230 g/mol. The summed E-state index contributed by atoms with van der Waals surface area (Å²) in [5, 5.41) is 0. The molecule has 0 aliphatic rings. The molecule has 1 aromatic heterocycles. The van der Waals surface area contributed by atoms with E-state index in [1.165, 1.54) is 6.33 Å². The third-order valence-electron chi connectivity index (χ3n) is 2.53. The van der Waals surface area contributed by atoms with Crippen LogP contribution < -0.4 is 10.3 Å². The van der Waals surface area contributed by atoms with Crippen molar-refractivity contribution < 1.29 is 4.74 Å². The van der Waals surface area contributed by atoms with Crippen LogP contribution in [0.15, 0.2) is 35.4 Å². The summed E-state index contributed by atoms with van der Waals surface area (Å²) in [7, 11) is 0. The van der Waals surface area contributed by atoms with Gasteiger partial charge < -0.3 is 9.72 Å². The van der Waals surface area contributed by atoms with Crippen LogP contribution in [0.2, 0.25) is 0 Å². The number of aromatic amines is 1. The van der Waals surface area contributed by atoms with E-state index in [2.05, 4.69) is 9.97 Å². The van der Waals surface area contributed by atoms with E-state index >= 15 is 0 Å². The molecule has 88 valence electrons. The van der Waals surface area contributed by atoms with Gasteiger partial charge in [-0.15, -0.1) is 0 Å². The van der Waals surface area contributed by atoms with Gasteiger partial charge in [-0.1, -0.05) is 12.1 Å². The fraction of sp³-hybridized carbons (Fsp3) is 0.231. The Morgan fingerprint density at radius 3 is 2.88 bits per heavy atom. The van der Waals surface area contributed by atoms with Crippen LogP contribution in [0, 0.1) is 6.92 Å². The number of nitrogens with one attached hydrogen (secondary N) is 1. The highest BCUT2D eigenvalue weighted by molar-refractivity contribution is 5.69. The quantitative estimate of drug-likeness (QED) is 0.878. The predicted molar refractivity (Wildman–Crippen MR) is 66.2 cm³/mol. The number of nitrogens with zero attached hydrogens (tertiary/aromatic N) is 1. The van der Waals surface area contributed by atoms with Crippen LogP contribution in [0.1, 0.15) is 12.5 Å². The molecule has 0 radical (unpaired) electrons. The molecule has 0 bridgehead atoms. The molecule has 2 rings (SSSR count). The molecule has 2 aromatic rings. The molecule has 0 saturated carbocycles. The van der Waals surface area contributed by atoms with E-state index in [1.807, 2.05) is 31.2 Å². The Bertz CT molecular complexity index is 576. The number of hydrogen-bond donors (Lipinski definition) is 1. The Morgan fingerprint density at radius 1 is 1.35 bits per heavy atom. The maximum Gasteiger partial charge on any atom is 0.254 e. The minimum Gasteiger partial charge on any atom is -0.493 e. The standard InChI is InChI=1S/C13H14N2O2/c1-3-17-11-7-5-4-6-10(11)12-9(2)13(16)15-8-14-12/h4-8H,3H2,1-2H3,(H,14,15,16). The number of para-hydroxylation sites is 1. The van der Waals surface area contributed by atoms with Crippen molar-refractivity contribution in [3.63, 3.8) is 0 Å². The highest BCUT2D eigenvalue weighted by Gasteiger charge is 2.11. The molecule has 0 fully saturated rings. The van der Waals surface area contributed by atoms with Gasteiger partial charge in [0.15, 0.2) is 0 Å². The molecule has 4 nitrogen and oxygen atoms in total. The van der Waals surface area contributed by atoms with Gasteiger partial charge in [0, 0.05) is 11.1 Å². The van der Waals surface area contributed by atoms with Gasteiger partial charge in [-0.25, -0.2) is 4.98 Å². The average Bonchev–Trinajstić information content (AvgIpc) is 2.34. The van der Waals surface area contributed by atoms with Crippen LogP contribution in [0.3, 0.4) is 0 Å².